The van der Waals surface area contributed by atoms with Crippen LogP contribution in [0.2, 0.25) is 5.02 Å². The lowest BCUT2D eigenvalue weighted by atomic mass is 10.2. The molecule has 1 aliphatic heterocycles. The van der Waals surface area contributed by atoms with Crippen LogP contribution in [0, 0.1) is 5.82 Å². The van der Waals surface area contributed by atoms with Crippen LogP contribution in [0.15, 0.2) is 36.4 Å². The average molecular weight is 280 g/mol. The van der Waals surface area contributed by atoms with Crippen LogP contribution >= 0.6 is 11.6 Å². The van der Waals surface area contributed by atoms with Crippen molar-refractivity contribution in [3.63, 3.8) is 0 Å². The lowest BCUT2D eigenvalue weighted by Crippen LogP contribution is -2.01. The van der Waals surface area contributed by atoms with Gasteiger partial charge in [0.2, 0.25) is 6.79 Å². The Kier molecular flexibility index (Phi) is 3.17. The fraction of sp³-hybridized carbons (Fsp3) is 0.143. The Morgan fingerprint density at radius 2 is 2.05 bits per heavy atom. The zero-order valence-electron chi connectivity index (χ0n) is 9.95. The van der Waals surface area contributed by atoms with Gasteiger partial charge in [0, 0.05) is 6.54 Å². The van der Waals surface area contributed by atoms with E-state index in [0.717, 1.165) is 5.56 Å². The van der Waals surface area contributed by atoms with E-state index in [1.165, 1.54) is 6.07 Å². The SMILES string of the molecule is Fc1ccccc1NCc1cc(Cl)c2c(c1)OCO2. The van der Waals surface area contributed by atoms with E-state index in [4.69, 9.17) is 21.1 Å². The second-order valence-corrected chi connectivity index (χ2v) is 4.55. The Bertz CT molecular complexity index is 618. The zero-order valence-corrected chi connectivity index (χ0v) is 10.7. The lowest BCUT2D eigenvalue weighted by Gasteiger charge is -2.09. The topological polar surface area (TPSA) is 30.5 Å². The Labute approximate surface area is 114 Å². The van der Waals surface area contributed by atoms with Gasteiger partial charge in [0.15, 0.2) is 11.5 Å². The van der Waals surface area contributed by atoms with Gasteiger partial charge in [0.25, 0.3) is 0 Å². The van der Waals surface area contributed by atoms with Crippen LogP contribution in [-0.2, 0) is 6.54 Å². The molecule has 1 aliphatic rings. The molecule has 2 aromatic carbocycles. The van der Waals surface area contributed by atoms with E-state index in [2.05, 4.69) is 5.32 Å². The van der Waals surface area contributed by atoms with Gasteiger partial charge in [-0.1, -0.05) is 23.7 Å². The molecule has 0 amide bonds. The second kappa shape index (κ2) is 4.97. The van der Waals surface area contributed by atoms with Crippen LogP contribution in [0.4, 0.5) is 10.1 Å². The van der Waals surface area contributed by atoms with E-state index >= 15 is 0 Å². The average Bonchev–Trinajstić information content (AvgIpc) is 2.87. The second-order valence-electron chi connectivity index (χ2n) is 4.14. The van der Waals surface area contributed by atoms with Gasteiger partial charge in [0.05, 0.1) is 10.7 Å². The van der Waals surface area contributed by atoms with Crippen LogP contribution in [0.5, 0.6) is 11.5 Å². The third-order valence-corrected chi connectivity index (χ3v) is 3.12. The highest BCUT2D eigenvalue weighted by Crippen LogP contribution is 2.39. The van der Waals surface area contributed by atoms with E-state index in [1.807, 2.05) is 6.07 Å². The Balaban J connectivity index is 1.78. The number of nitrogens with one attached hydrogen (secondary N) is 1. The number of ether oxygens (including phenoxy) is 2. The van der Waals surface area contributed by atoms with E-state index in [1.54, 1.807) is 24.3 Å². The summed E-state index contributed by atoms with van der Waals surface area (Å²) in [6, 6.07) is 10.1. The normalized spacial score (nSPS) is 12.5. The number of fused-ring (bicyclic) bond motifs is 1. The first-order chi connectivity index (χ1) is 9.24. The number of hydrogen-bond acceptors (Lipinski definition) is 3. The van der Waals surface area contributed by atoms with Gasteiger partial charge < -0.3 is 14.8 Å². The van der Waals surface area contributed by atoms with Gasteiger partial charge in [-0.25, -0.2) is 4.39 Å². The molecule has 0 saturated carbocycles. The molecule has 0 spiro atoms. The van der Waals surface area contributed by atoms with Gasteiger partial charge in [0.1, 0.15) is 5.82 Å². The van der Waals surface area contributed by atoms with Gasteiger partial charge in [-0.3, -0.25) is 0 Å². The molecule has 3 rings (SSSR count). The van der Waals surface area contributed by atoms with Crippen molar-refractivity contribution >= 4 is 17.3 Å². The minimum atomic E-state index is -0.283. The summed E-state index contributed by atoms with van der Waals surface area (Å²) in [5.41, 5.74) is 1.36. The Morgan fingerprint density at radius 3 is 2.89 bits per heavy atom. The summed E-state index contributed by atoms with van der Waals surface area (Å²) in [5.74, 6) is 0.906. The summed E-state index contributed by atoms with van der Waals surface area (Å²) in [6.07, 6.45) is 0. The van der Waals surface area contributed by atoms with E-state index in [0.29, 0.717) is 28.8 Å². The molecule has 0 bridgehead atoms. The Hall–Kier alpha value is -1.94. The molecule has 3 nitrogen and oxygen atoms in total. The highest BCUT2D eigenvalue weighted by atomic mass is 35.5. The van der Waals surface area contributed by atoms with Gasteiger partial charge in [-0.15, -0.1) is 0 Å². The highest BCUT2D eigenvalue weighted by molar-refractivity contribution is 6.32. The molecule has 0 radical (unpaired) electrons. The summed E-state index contributed by atoms with van der Waals surface area (Å²) < 4.78 is 24.0. The lowest BCUT2D eigenvalue weighted by molar-refractivity contribution is 0.174. The molecule has 0 saturated heterocycles. The standard InChI is InChI=1S/C14H11ClFNO2/c15-10-5-9(6-13-14(10)19-8-18-13)7-17-12-4-2-1-3-11(12)16/h1-6,17H,7-8H2. The van der Waals surface area contributed by atoms with Gasteiger partial charge >= 0.3 is 0 Å². The van der Waals surface area contributed by atoms with Crippen molar-refractivity contribution in [1.29, 1.82) is 0 Å². The minimum absolute atomic E-state index is 0.180. The molecule has 5 heteroatoms. The predicted molar refractivity (Wildman–Crippen MR) is 71.3 cm³/mol. The molecule has 1 N–H and O–H groups in total. The maximum Gasteiger partial charge on any atom is 0.231 e. The number of hydrogen-bond donors (Lipinski definition) is 1. The molecule has 2 aromatic rings. The van der Waals surface area contributed by atoms with Crippen molar-refractivity contribution in [1.82, 2.24) is 0 Å². The van der Waals surface area contributed by atoms with E-state index in [-0.39, 0.29) is 12.6 Å². The molecule has 98 valence electrons. The molecular formula is C14H11ClFNO2. The monoisotopic (exact) mass is 279 g/mol. The van der Waals surface area contributed by atoms with E-state index < -0.39 is 0 Å². The quantitative estimate of drug-likeness (QED) is 0.926. The molecule has 19 heavy (non-hydrogen) atoms. The molecule has 0 aromatic heterocycles. The largest absolute Gasteiger partial charge is 0.454 e. The van der Waals surface area contributed by atoms with Crippen molar-refractivity contribution in [2.45, 2.75) is 6.54 Å². The third-order valence-electron chi connectivity index (χ3n) is 2.84. The first kappa shape index (κ1) is 12.1. The molecule has 0 unspecified atom stereocenters. The molecule has 0 aliphatic carbocycles. The fourth-order valence-corrected chi connectivity index (χ4v) is 2.21. The minimum Gasteiger partial charge on any atom is -0.454 e. The predicted octanol–water partition coefficient (Wildman–Crippen LogP) is 3.82. The van der Waals surface area contributed by atoms with Gasteiger partial charge in [-0.2, -0.15) is 0 Å². The van der Waals surface area contributed by atoms with Crippen molar-refractivity contribution in [2.24, 2.45) is 0 Å². The fourth-order valence-electron chi connectivity index (χ4n) is 1.92. The smallest absolute Gasteiger partial charge is 0.231 e. The first-order valence-corrected chi connectivity index (χ1v) is 6.18. The highest BCUT2D eigenvalue weighted by Gasteiger charge is 2.18. The van der Waals surface area contributed by atoms with Crippen LogP contribution in [-0.4, -0.2) is 6.79 Å². The first-order valence-electron chi connectivity index (χ1n) is 5.80. The summed E-state index contributed by atoms with van der Waals surface area (Å²) in [7, 11) is 0. The maximum absolute atomic E-state index is 13.5. The molecule has 1 heterocycles. The van der Waals surface area contributed by atoms with Crippen molar-refractivity contribution < 1.29 is 13.9 Å². The summed E-state index contributed by atoms with van der Waals surface area (Å²) >= 11 is 6.08. The molecular weight excluding hydrogens is 269 g/mol. The van der Waals surface area contributed by atoms with E-state index in [9.17, 15) is 4.39 Å². The van der Waals surface area contributed by atoms with Gasteiger partial charge in [-0.05, 0) is 29.8 Å². The Morgan fingerprint density at radius 1 is 1.21 bits per heavy atom. The zero-order chi connectivity index (χ0) is 13.2. The maximum atomic E-state index is 13.5. The van der Waals surface area contributed by atoms with Crippen LogP contribution in [0.1, 0.15) is 5.56 Å². The van der Waals surface area contributed by atoms with Crippen LogP contribution in [0.3, 0.4) is 0 Å². The number of para-hydroxylation sites is 1. The van der Waals surface area contributed by atoms with Crippen LogP contribution < -0.4 is 14.8 Å². The number of rotatable bonds is 3. The van der Waals surface area contributed by atoms with Crippen molar-refractivity contribution in [2.75, 3.05) is 12.1 Å². The summed E-state index contributed by atoms with van der Waals surface area (Å²) in [5, 5.41) is 3.52. The third kappa shape index (κ3) is 2.44. The summed E-state index contributed by atoms with van der Waals surface area (Å²) in [6.45, 7) is 0.635. The van der Waals surface area contributed by atoms with Crippen molar-refractivity contribution in [3.05, 3.63) is 52.8 Å². The number of anilines is 1. The number of halogens is 2. The van der Waals surface area contributed by atoms with Crippen LogP contribution in [0.25, 0.3) is 0 Å². The molecule has 0 fully saturated rings. The van der Waals surface area contributed by atoms with Crippen molar-refractivity contribution in [3.8, 4) is 11.5 Å². The molecule has 0 atom stereocenters. The summed E-state index contributed by atoms with van der Waals surface area (Å²) in [4.78, 5) is 0. The number of benzene rings is 2.